The number of rotatable bonds is 4. The molecule has 0 aliphatic rings. The number of ether oxygens (including phenoxy) is 1. The number of sulfonamides is 1. The summed E-state index contributed by atoms with van der Waals surface area (Å²) < 4.78 is 27.9. The molecule has 5 heteroatoms. The quantitative estimate of drug-likeness (QED) is 0.846. The number of nitrogens with two attached hydrogens (primary N) is 1. The molecule has 0 heterocycles. The maximum Gasteiger partial charge on any atom is 0.238 e. The van der Waals surface area contributed by atoms with Crippen LogP contribution < -0.4 is 9.88 Å². The summed E-state index contributed by atoms with van der Waals surface area (Å²) in [5, 5.41) is 5.11. The molecule has 0 aliphatic heterocycles. The van der Waals surface area contributed by atoms with E-state index in [0.29, 0.717) is 24.3 Å². The monoisotopic (exact) mass is 229 g/mol. The van der Waals surface area contributed by atoms with Gasteiger partial charge >= 0.3 is 0 Å². The average Bonchev–Trinajstić information content (AvgIpc) is 2.16. The second-order valence-corrected chi connectivity index (χ2v) is 4.59. The highest BCUT2D eigenvalue weighted by atomic mass is 32.2. The molecule has 1 aromatic rings. The predicted octanol–water partition coefficient (Wildman–Crippen LogP) is 1.30. The van der Waals surface area contributed by atoms with Crippen LogP contribution in [-0.2, 0) is 16.4 Å². The highest BCUT2D eigenvalue weighted by Gasteiger charge is 2.16. The Kier molecular flexibility index (Phi) is 3.71. The normalized spacial score (nSPS) is 11.4. The lowest BCUT2D eigenvalue weighted by molar-refractivity contribution is 0.335. The van der Waals surface area contributed by atoms with Crippen LogP contribution in [0, 0.1) is 0 Å². The molecule has 0 saturated heterocycles. The van der Waals surface area contributed by atoms with Crippen LogP contribution in [-0.4, -0.2) is 15.0 Å². The second kappa shape index (κ2) is 4.63. The number of benzene rings is 1. The van der Waals surface area contributed by atoms with Gasteiger partial charge in [-0.05, 0) is 25.5 Å². The van der Waals surface area contributed by atoms with Gasteiger partial charge in [0.2, 0.25) is 10.0 Å². The zero-order valence-electron chi connectivity index (χ0n) is 8.86. The van der Waals surface area contributed by atoms with Crippen molar-refractivity contribution in [1.82, 2.24) is 0 Å². The van der Waals surface area contributed by atoms with E-state index in [9.17, 15) is 8.42 Å². The van der Waals surface area contributed by atoms with E-state index in [2.05, 4.69) is 0 Å². The van der Waals surface area contributed by atoms with Crippen LogP contribution in [0.25, 0.3) is 0 Å². The molecule has 15 heavy (non-hydrogen) atoms. The Hall–Kier alpha value is -1.07. The minimum absolute atomic E-state index is 0.149. The maximum atomic E-state index is 11.3. The lowest BCUT2D eigenvalue weighted by atomic mass is 10.1. The molecule has 84 valence electrons. The van der Waals surface area contributed by atoms with Crippen LogP contribution in [0.3, 0.4) is 0 Å². The van der Waals surface area contributed by atoms with E-state index in [0.717, 1.165) is 0 Å². The Morgan fingerprint density at radius 1 is 1.33 bits per heavy atom. The highest BCUT2D eigenvalue weighted by Crippen LogP contribution is 2.25. The Balaban J connectivity index is 3.35. The zero-order valence-corrected chi connectivity index (χ0v) is 9.67. The van der Waals surface area contributed by atoms with Crippen molar-refractivity contribution >= 4 is 10.0 Å². The predicted molar refractivity (Wildman–Crippen MR) is 58.4 cm³/mol. The molecule has 0 amide bonds. The average molecular weight is 229 g/mol. The third-order valence-corrected chi connectivity index (χ3v) is 3.05. The standard InChI is InChI=1S/C10H15NO3S/c1-3-8-9(14-4-2)6-5-7-10(8)15(11,12)13/h5-7H,3-4H2,1-2H3,(H2,11,12,13). The van der Waals surface area contributed by atoms with E-state index in [1.165, 1.54) is 6.07 Å². The topological polar surface area (TPSA) is 69.4 Å². The fraction of sp³-hybridized carbons (Fsp3) is 0.400. The van der Waals surface area contributed by atoms with Crippen molar-refractivity contribution in [2.45, 2.75) is 25.2 Å². The van der Waals surface area contributed by atoms with Crippen LogP contribution in [0.15, 0.2) is 23.1 Å². The molecule has 0 spiro atoms. The molecule has 0 bridgehead atoms. The van der Waals surface area contributed by atoms with Crippen molar-refractivity contribution in [3.8, 4) is 5.75 Å². The van der Waals surface area contributed by atoms with Crippen LogP contribution in [0.1, 0.15) is 19.4 Å². The van der Waals surface area contributed by atoms with E-state index in [1.54, 1.807) is 12.1 Å². The van der Waals surface area contributed by atoms with E-state index < -0.39 is 10.0 Å². The number of hydrogen-bond acceptors (Lipinski definition) is 3. The van der Waals surface area contributed by atoms with Crippen molar-refractivity contribution in [1.29, 1.82) is 0 Å². The van der Waals surface area contributed by atoms with Gasteiger partial charge in [-0.1, -0.05) is 13.0 Å². The summed E-state index contributed by atoms with van der Waals surface area (Å²) in [4.78, 5) is 0.149. The third kappa shape index (κ3) is 2.70. The molecule has 2 N–H and O–H groups in total. The Morgan fingerprint density at radius 3 is 2.47 bits per heavy atom. The first kappa shape index (κ1) is 12.0. The summed E-state index contributed by atoms with van der Waals surface area (Å²) in [7, 11) is -3.67. The smallest absolute Gasteiger partial charge is 0.238 e. The van der Waals surface area contributed by atoms with Gasteiger partial charge in [-0.3, -0.25) is 0 Å². The van der Waals surface area contributed by atoms with Gasteiger partial charge in [-0.25, -0.2) is 13.6 Å². The first-order valence-electron chi connectivity index (χ1n) is 4.78. The Morgan fingerprint density at radius 2 is 2.00 bits per heavy atom. The molecule has 0 unspecified atom stereocenters. The molecule has 1 aromatic carbocycles. The number of primary sulfonamides is 1. The molecule has 0 radical (unpaired) electrons. The molecular weight excluding hydrogens is 214 g/mol. The van der Waals surface area contributed by atoms with Gasteiger partial charge in [0.25, 0.3) is 0 Å². The summed E-state index contributed by atoms with van der Waals surface area (Å²) in [6, 6.07) is 4.87. The molecule has 0 aliphatic carbocycles. The van der Waals surface area contributed by atoms with Crippen LogP contribution in [0.4, 0.5) is 0 Å². The minimum atomic E-state index is -3.67. The van der Waals surface area contributed by atoms with Crippen molar-refractivity contribution in [2.75, 3.05) is 6.61 Å². The van der Waals surface area contributed by atoms with Gasteiger partial charge in [-0.15, -0.1) is 0 Å². The number of hydrogen-bond donors (Lipinski definition) is 1. The molecule has 0 fully saturated rings. The molecule has 0 aromatic heterocycles. The Labute approximate surface area is 90.1 Å². The molecule has 1 rings (SSSR count). The van der Waals surface area contributed by atoms with Crippen molar-refractivity contribution in [2.24, 2.45) is 5.14 Å². The second-order valence-electron chi connectivity index (χ2n) is 3.06. The van der Waals surface area contributed by atoms with E-state index in [-0.39, 0.29) is 4.90 Å². The fourth-order valence-corrected chi connectivity index (χ4v) is 2.31. The first-order valence-corrected chi connectivity index (χ1v) is 6.32. The lowest BCUT2D eigenvalue weighted by Crippen LogP contribution is -2.15. The van der Waals surface area contributed by atoms with Crippen LogP contribution in [0.5, 0.6) is 5.75 Å². The summed E-state index contributed by atoms with van der Waals surface area (Å²) in [6.45, 7) is 4.22. The van der Waals surface area contributed by atoms with Gasteiger partial charge in [0.15, 0.2) is 0 Å². The zero-order chi connectivity index (χ0) is 11.5. The maximum absolute atomic E-state index is 11.3. The third-order valence-electron chi connectivity index (χ3n) is 2.05. The summed E-state index contributed by atoms with van der Waals surface area (Å²) >= 11 is 0. The largest absolute Gasteiger partial charge is 0.494 e. The van der Waals surface area contributed by atoms with Gasteiger partial charge in [-0.2, -0.15) is 0 Å². The van der Waals surface area contributed by atoms with E-state index in [4.69, 9.17) is 9.88 Å². The Bertz CT molecular complexity index is 440. The lowest BCUT2D eigenvalue weighted by Gasteiger charge is -2.11. The van der Waals surface area contributed by atoms with E-state index in [1.807, 2.05) is 13.8 Å². The fourth-order valence-electron chi connectivity index (χ4n) is 1.45. The molecule has 0 atom stereocenters. The summed E-state index contributed by atoms with van der Waals surface area (Å²) in [6.07, 6.45) is 0.571. The van der Waals surface area contributed by atoms with Gasteiger partial charge in [0.1, 0.15) is 5.75 Å². The molecule has 4 nitrogen and oxygen atoms in total. The SMILES string of the molecule is CCOc1cccc(S(N)(=O)=O)c1CC. The van der Waals surface area contributed by atoms with Crippen molar-refractivity contribution in [3.05, 3.63) is 23.8 Å². The van der Waals surface area contributed by atoms with Crippen LogP contribution >= 0.6 is 0 Å². The van der Waals surface area contributed by atoms with Crippen molar-refractivity contribution < 1.29 is 13.2 Å². The van der Waals surface area contributed by atoms with Gasteiger partial charge < -0.3 is 4.74 Å². The van der Waals surface area contributed by atoms with Crippen LogP contribution in [0.2, 0.25) is 0 Å². The minimum Gasteiger partial charge on any atom is -0.494 e. The summed E-state index contributed by atoms with van der Waals surface area (Å²) in [5.74, 6) is 0.589. The molecular formula is C10H15NO3S. The van der Waals surface area contributed by atoms with E-state index >= 15 is 0 Å². The highest BCUT2D eigenvalue weighted by molar-refractivity contribution is 7.89. The van der Waals surface area contributed by atoms with Gasteiger partial charge in [0, 0.05) is 5.56 Å². The van der Waals surface area contributed by atoms with Crippen molar-refractivity contribution in [3.63, 3.8) is 0 Å². The first-order chi connectivity index (χ1) is 7.00. The molecule has 0 saturated carbocycles. The van der Waals surface area contributed by atoms with Gasteiger partial charge in [0.05, 0.1) is 11.5 Å². The summed E-state index contributed by atoms with van der Waals surface area (Å²) in [5.41, 5.74) is 0.641.